The van der Waals surface area contributed by atoms with Gasteiger partial charge in [0.1, 0.15) is 11.5 Å². The summed E-state index contributed by atoms with van der Waals surface area (Å²) in [6, 6.07) is 12.0. The molecule has 2 aromatic carbocycles. The number of rotatable bonds is 8. The van der Waals surface area contributed by atoms with E-state index in [0.717, 1.165) is 12.0 Å². The molecule has 0 unspecified atom stereocenters. The minimum Gasteiger partial charge on any atom is -0.493 e. The van der Waals surface area contributed by atoms with Crippen molar-refractivity contribution >= 4 is 23.4 Å². The van der Waals surface area contributed by atoms with E-state index in [4.69, 9.17) is 21.1 Å². The van der Waals surface area contributed by atoms with Gasteiger partial charge >= 0.3 is 0 Å². The van der Waals surface area contributed by atoms with E-state index < -0.39 is 11.8 Å². The molecule has 0 spiro atoms. The van der Waals surface area contributed by atoms with Crippen LogP contribution in [0.25, 0.3) is 0 Å². The number of aryl methyl sites for hydroxylation is 1. The molecule has 2 N–H and O–H groups in total. The molecule has 0 aliphatic heterocycles. The molecule has 2 amide bonds. The van der Waals surface area contributed by atoms with E-state index in [1.165, 1.54) is 0 Å². The maximum absolute atomic E-state index is 12.4. The second-order valence-electron chi connectivity index (χ2n) is 6.73. The largest absolute Gasteiger partial charge is 0.493 e. The second kappa shape index (κ2) is 10.6. The summed E-state index contributed by atoms with van der Waals surface area (Å²) >= 11 is 5.89. The van der Waals surface area contributed by atoms with Crippen LogP contribution in [0.1, 0.15) is 36.2 Å². The molecule has 2 rings (SSSR count). The summed E-state index contributed by atoms with van der Waals surface area (Å²) in [5.74, 6) is 0.583. The Morgan fingerprint density at radius 2 is 1.79 bits per heavy atom. The molecule has 0 saturated heterocycles. The molecular formula is C21H25ClN2O4. The fourth-order valence-electron chi connectivity index (χ4n) is 2.33. The fourth-order valence-corrected chi connectivity index (χ4v) is 2.56. The highest BCUT2D eigenvalue weighted by Gasteiger charge is 2.13. The monoisotopic (exact) mass is 404 g/mol. The van der Waals surface area contributed by atoms with Gasteiger partial charge in [-0.05, 0) is 55.2 Å². The molecule has 0 fully saturated rings. The Bertz CT molecular complexity index is 824. The van der Waals surface area contributed by atoms with Crippen LogP contribution in [0.15, 0.2) is 42.5 Å². The number of halogens is 1. The first kappa shape index (κ1) is 21.6. The van der Waals surface area contributed by atoms with E-state index in [-0.39, 0.29) is 6.61 Å². The number of para-hydroxylation sites is 1. The summed E-state index contributed by atoms with van der Waals surface area (Å²) in [5.41, 5.74) is 5.88. The van der Waals surface area contributed by atoms with Gasteiger partial charge < -0.3 is 9.47 Å². The molecule has 28 heavy (non-hydrogen) atoms. The van der Waals surface area contributed by atoms with Crippen molar-refractivity contribution in [3.05, 3.63) is 58.6 Å². The topological polar surface area (TPSA) is 76.7 Å². The highest BCUT2D eigenvalue weighted by atomic mass is 35.5. The average molecular weight is 405 g/mol. The molecule has 0 atom stereocenters. The predicted molar refractivity (Wildman–Crippen MR) is 109 cm³/mol. The number of hydrazine groups is 1. The molecule has 0 radical (unpaired) electrons. The van der Waals surface area contributed by atoms with Gasteiger partial charge in [-0.3, -0.25) is 20.4 Å². The number of hydrogen-bond acceptors (Lipinski definition) is 4. The van der Waals surface area contributed by atoms with Crippen LogP contribution < -0.4 is 20.3 Å². The van der Waals surface area contributed by atoms with Gasteiger partial charge in [0.15, 0.2) is 6.61 Å². The van der Waals surface area contributed by atoms with Gasteiger partial charge in [-0.15, -0.1) is 0 Å². The molecule has 0 heterocycles. The van der Waals surface area contributed by atoms with Crippen LogP contribution in [0.4, 0.5) is 0 Å². The van der Waals surface area contributed by atoms with E-state index in [1.807, 2.05) is 6.92 Å². The normalized spacial score (nSPS) is 10.5. The van der Waals surface area contributed by atoms with Gasteiger partial charge in [0.05, 0.1) is 12.2 Å². The maximum atomic E-state index is 12.4. The summed E-state index contributed by atoms with van der Waals surface area (Å²) in [6.45, 7) is 6.31. The zero-order valence-electron chi connectivity index (χ0n) is 16.3. The molecule has 0 saturated carbocycles. The third-order valence-electron chi connectivity index (χ3n) is 3.90. The summed E-state index contributed by atoms with van der Waals surface area (Å²) in [7, 11) is 0. The smallest absolute Gasteiger partial charge is 0.276 e. The Kier molecular flexibility index (Phi) is 8.14. The van der Waals surface area contributed by atoms with Crippen molar-refractivity contribution in [3.63, 3.8) is 0 Å². The van der Waals surface area contributed by atoms with Crippen molar-refractivity contribution in [1.29, 1.82) is 0 Å². The lowest BCUT2D eigenvalue weighted by atomic mass is 10.1. The van der Waals surface area contributed by atoms with Crippen molar-refractivity contribution < 1.29 is 19.1 Å². The Balaban J connectivity index is 1.85. The third kappa shape index (κ3) is 6.78. The highest BCUT2D eigenvalue weighted by molar-refractivity contribution is 6.30. The minimum absolute atomic E-state index is 0.241. The van der Waals surface area contributed by atoms with Crippen molar-refractivity contribution in [1.82, 2.24) is 10.9 Å². The third-order valence-corrected chi connectivity index (χ3v) is 4.13. The first-order valence-electron chi connectivity index (χ1n) is 9.06. The summed E-state index contributed by atoms with van der Waals surface area (Å²) < 4.78 is 11.1. The SMILES string of the molecule is Cc1cc(Cl)ccc1OCC(=O)NNC(=O)c1ccccc1OCCC(C)C. The van der Waals surface area contributed by atoms with Gasteiger partial charge in [0.2, 0.25) is 0 Å². The molecule has 2 aromatic rings. The standard InChI is InChI=1S/C21H25ClN2O4/c1-14(2)10-11-27-19-7-5-4-6-17(19)21(26)24-23-20(25)13-28-18-9-8-16(22)12-15(18)3/h4-9,12,14H,10-11,13H2,1-3H3,(H,23,25)(H,24,26). The lowest BCUT2D eigenvalue weighted by Crippen LogP contribution is -2.44. The van der Waals surface area contributed by atoms with Gasteiger partial charge in [0, 0.05) is 5.02 Å². The first-order valence-corrected chi connectivity index (χ1v) is 9.44. The molecule has 150 valence electrons. The summed E-state index contributed by atoms with van der Waals surface area (Å²) in [5, 5.41) is 0.593. The number of nitrogens with one attached hydrogen (secondary N) is 2. The van der Waals surface area contributed by atoms with Crippen molar-refractivity contribution in [3.8, 4) is 11.5 Å². The minimum atomic E-state index is -0.485. The number of ether oxygens (including phenoxy) is 2. The molecule has 0 aromatic heterocycles. The average Bonchev–Trinajstić information content (AvgIpc) is 2.65. The number of hydrogen-bond donors (Lipinski definition) is 2. The van der Waals surface area contributed by atoms with E-state index in [1.54, 1.807) is 42.5 Å². The van der Waals surface area contributed by atoms with Crippen LogP contribution in [0.2, 0.25) is 5.02 Å². The van der Waals surface area contributed by atoms with Crippen LogP contribution >= 0.6 is 11.6 Å². The number of benzene rings is 2. The van der Waals surface area contributed by atoms with E-state index in [9.17, 15) is 9.59 Å². The van der Waals surface area contributed by atoms with Crippen LogP contribution in [0.3, 0.4) is 0 Å². The Hall–Kier alpha value is -2.73. The van der Waals surface area contributed by atoms with Gasteiger partial charge in [-0.25, -0.2) is 0 Å². The lowest BCUT2D eigenvalue weighted by molar-refractivity contribution is -0.123. The Morgan fingerprint density at radius 3 is 2.50 bits per heavy atom. The van der Waals surface area contributed by atoms with Crippen LogP contribution in [-0.2, 0) is 4.79 Å². The number of amides is 2. The zero-order valence-corrected chi connectivity index (χ0v) is 17.0. The molecule has 7 heteroatoms. The summed E-state index contributed by atoms with van der Waals surface area (Å²) in [4.78, 5) is 24.3. The Labute approximate surface area is 170 Å². The molecule has 0 aliphatic rings. The number of carbonyl (C=O) groups is 2. The van der Waals surface area contributed by atoms with Gasteiger partial charge in [-0.1, -0.05) is 37.6 Å². The number of carbonyl (C=O) groups excluding carboxylic acids is 2. The molecule has 6 nitrogen and oxygen atoms in total. The zero-order chi connectivity index (χ0) is 20.5. The van der Waals surface area contributed by atoms with Crippen LogP contribution in [0, 0.1) is 12.8 Å². The predicted octanol–water partition coefficient (Wildman–Crippen LogP) is 3.91. The van der Waals surface area contributed by atoms with Crippen molar-refractivity contribution in [2.45, 2.75) is 27.2 Å². The maximum Gasteiger partial charge on any atom is 0.276 e. The van der Waals surface area contributed by atoms with Crippen LogP contribution in [0.5, 0.6) is 11.5 Å². The van der Waals surface area contributed by atoms with Crippen LogP contribution in [-0.4, -0.2) is 25.0 Å². The van der Waals surface area contributed by atoms with Crippen molar-refractivity contribution in [2.75, 3.05) is 13.2 Å². The molecule has 0 aliphatic carbocycles. The van der Waals surface area contributed by atoms with E-state index in [2.05, 4.69) is 24.7 Å². The van der Waals surface area contributed by atoms with Gasteiger partial charge in [0.25, 0.3) is 11.8 Å². The quantitative estimate of drug-likeness (QED) is 0.654. The van der Waals surface area contributed by atoms with Gasteiger partial charge in [-0.2, -0.15) is 0 Å². The Morgan fingerprint density at radius 1 is 1.04 bits per heavy atom. The van der Waals surface area contributed by atoms with E-state index >= 15 is 0 Å². The molecule has 0 bridgehead atoms. The first-order chi connectivity index (χ1) is 13.4. The lowest BCUT2D eigenvalue weighted by Gasteiger charge is -2.13. The second-order valence-corrected chi connectivity index (χ2v) is 7.16. The highest BCUT2D eigenvalue weighted by Crippen LogP contribution is 2.21. The van der Waals surface area contributed by atoms with E-state index in [0.29, 0.717) is 34.6 Å². The summed E-state index contributed by atoms with van der Waals surface area (Å²) in [6.07, 6.45) is 0.883. The molecular weight excluding hydrogens is 380 g/mol. The van der Waals surface area contributed by atoms with Crippen molar-refractivity contribution in [2.24, 2.45) is 5.92 Å². The fraction of sp³-hybridized carbons (Fsp3) is 0.333.